The first-order chi connectivity index (χ1) is 7.62. The van der Waals surface area contributed by atoms with Crippen molar-refractivity contribution in [3.05, 3.63) is 24.3 Å². The summed E-state index contributed by atoms with van der Waals surface area (Å²) in [7, 11) is 4.25. The fourth-order valence-corrected chi connectivity index (χ4v) is 1.11. The molecule has 1 aromatic rings. The fraction of sp³-hybridized carbons (Fsp3) is 0.273. The van der Waals surface area contributed by atoms with Gasteiger partial charge in [0.2, 0.25) is 11.8 Å². The molecule has 0 amide bonds. The van der Waals surface area contributed by atoms with Gasteiger partial charge in [-0.15, -0.1) is 0 Å². The van der Waals surface area contributed by atoms with Gasteiger partial charge in [-0.2, -0.15) is 4.98 Å². The molecule has 16 heavy (non-hydrogen) atoms. The van der Waals surface area contributed by atoms with E-state index in [0.29, 0.717) is 17.3 Å². The van der Waals surface area contributed by atoms with Gasteiger partial charge in [0, 0.05) is 12.1 Å². The molecule has 86 valence electrons. The van der Waals surface area contributed by atoms with E-state index in [1.54, 1.807) is 12.1 Å². The molecule has 0 radical (unpaired) electrons. The third-order valence-corrected chi connectivity index (χ3v) is 1.98. The number of aromatic nitrogens is 1. The van der Waals surface area contributed by atoms with Crippen LogP contribution in [0.2, 0.25) is 0 Å². The van der Waals surface area contributed by atoms with Crippen LogP contribution in [0.25, 0.3) is 5.57 Å². The number of methoxy groups -OCH3 is 3. The lowest BCUT2D eigenvalue weighted by atomic mass is 10.1. The van der Waals surface area contributed by atoms with Crippen molar-refractivity contribution in [2.75, 3.05) is 21.3 Å². The Hall–Kier alpha value is -2.04. The Morgan fingerprint density at radius 3 is 2.06 bits per heavy atom. The van der Waals surface area contributed by atoms with Gasteiger partial charge in [-0.25, -0.2) is 4.79 Å². The summed E-state index contributed by atoms with van der Waals surface area (Å²) in [4.78, 5) is 15.3. The average Bonchev–Trinajstić information content (AvgIpc) is 2.35. The Morgan fingerprint density at radius 1 is 1.19 bits per heavy atom. The zero-order valence-electron chi connectivity index (χ0n) is 9.44. The highest BCUT2D eigenvalue weighted by Gasteiger charge is 2.12. The van der Waals surface area contributed by atoms with Crippen LogP contribution in [0.4, 0.5) is 0 Å². The van der Waals surface area contributed by atoms with Gasteiger partial charge in [-0.05, 0) is 5.56 Å². The largest absolute Gasteiger partial charge is 0.481 e. The maximum Gasteiger partial charge on any atom is 0.337 e. The molecule has 5 heteroatoms. The Kier molecular flexibility index (Phi) is 3.88. The zero-order valence-corrected chi connectivity index (χ0v) is 9.44. The van der Waals surface area contributed by atoms with Gasteiger partial charge in [0.15, 0.2) is 0 Å². The number of pyridine rings is 1. The molecule has 0 unspecified atom stereocenters. The minimum Gasteiger partial charge on any atom is -0.481 e. The summed E-state index contributed by atoms with van der Waals surface area (Å²) < 4.78 is 14.5. The molecule has 0 N–H and O–H groups in total. The number of esters is 1. The van der Waals surface area contributed by atoms with Crippen molar-refractivity contribution in [2.45, 2.75) is 0 Å². The lowest BCUT2D eigenvalue weighted by molar-refractivity contribution is -0.133. The van der Waals surface area contributed by atoms with Crippen molar-refractivity contribution in [2.24, 2.45) is 0 Å². The van der Waals surface area contributed by atoms with Crippen molar-refractivity contribution >= 4 is 11.5 Å². The minimum atomic E-state index is -0.504. The number of hydrogen-bond acceptors (Lipinski definition) is 5. The second kappa shape index (κ2) is 5.16. The van der Waals surface area contributed by atoms with Crippen LogP contribution in [0.15, 0.2) is 18.7 Å². The van der Waals surface area contributed by atoms with Crippen LogP contribution in [-0.4, -0.2) is 32.3 Å². The maximum atomic E-state index is 11.3. The third kappa shape index (κ3) is 2.50. The van der Waals surface area contributed by atoms with Crippen molar-refractivity contribution in [3.8, 4) is 11.8 Å². The van der Waals surface area contributed by atoms with E-state index in [4.69, 9.17) is 9.47 Å². The molecule has 0 aliphatic carbocycles. The maximum absolute atomic E-state index is 11.3. The second-order valence-electron chi connectivity index (χ2n) is 2.91. The summed E-state index contributed by atoms with van der Waals surface area (Å²) in [6.07, 6.45) is 0. The quantitative estimate of drug-likeness (QED) is 0.568. The Labute approximate surface area is 93.7 Å². The van der Waals surface area contributed by atoms with E-state index >= 15 is 0 Å². The van der Waals surface area contributed by atoms with E-state index in [2.05, 4.69) is 16.3 Å². The lowest BCUT2D eigenvalue weighted by Crippen LogP contribution is -2.04. The summed E-state index contributed by atoms with van der Waals surface area (Å²) >= 11 is 0. The standard InChI is InChI=1S/C11H13NO4/c1-7(11(13)16-4)8-5-9(14-2)12-10(6-8)15-3/h5-6H,1H2,2-4H3. The van der Waals surface area contributed by atoms with Crippen molar-refractivity contribution < 1.29 is 19.0 Å². The molecule has 0 saturated carbocycles. The molecule has 0 aliphatic rings. The Bertz CT molecular complexity index is 392. The first-order valence-electron chi connectivity index (χ1n) is 4.50. The minimum absolute atomic E-state index is 0.224. The molecular formula is C11H13NO4. The van der Waals surface area contributed by atoms with Crippen LogP contribution in [0.5, 0.6) is 11.8 Å². The van der Waals surface area contributed by atoms with E-state index in [1.807, 2.05) is 0 Å². The molecule has 5 nitrogen and oxygen atoms in total. The summed E-state index contributed by atoms with van der Waals surface area (Å²) in [5.41, 5.74) is 0.775. The van der Waals surface area contributed by atoms with Gasteiger partial charge in [0.05, 0.1) is 26.9 Å². The summed E-state index contributed by atoms with van der Waals surface area (Å²) in [6, 6.07) is 3.17. The summed E-state index contributed by atoms with van der Waals surface area (Å²) in [5.74, 6) is 0.189. The summed E-state index contributed by atoms with van der Waals surface area (Å²) in [6.45, 7) is 3.63. The van der Waals surface area contributed by atoms with Crippen LogP contribution in [0.3, 0.4) is 0 Å². The number of rotatable bonds is 4. The van der Waals surface area contributed by atoms with Gasteiger partial charge in [-0.1, -0.05) is 6.58 Å². The highest BCUT2D eigenvalue weighted by Crippen LogP contribution is 2.23. The predicted molar refractivity (Wildman–Crippen MR) is 58.4 cm³/mol. The SMILES string of the molecule is C=C(C(=O)OC)c1cc(OC)nc(OC)c1. The summed E-state index contributed by atoms with van der Waals surface area (Å²) in [5, 5.41) is 0. The van der Waals surface area contributed by atoms with Gasteiger partial charge in [0.1, 0.15) is 0 Å². The van der Waals surface area contributed by atoms with Crippen LogP contribution in [0.1, 0.15) is 5.56 Å². The Morgan fingerprint density at radius 2 is 1.69 bits per heavy atom. The topological polar surface area (TPSA) is 57.7 Å². The second-order valence-corrected chi connectivity index (χ2v) is 2.91. The highest BCUT2D eigenvalue weighted by atomic mass is 16.5. The average molecular weight is 223 g/mol. The molecule has 0 bridgehead atoms. The van der Waals surface area contributed by atoms with Crippen LogP contribution < -0.4 is 9.47 Å². The molecular weight excluding hydrogens is 210 g/mol. The smallest absolute Gasteiger partial charge is 0.337 e. The number of hydrogen-bond donors (Lipinski definition) is 0. The normalized spacial score (nSPS) is 9.44. The first-order valence-corrected chi connectivity index (χ1v) is 4.50. The molecule has 1 heterocycles. The zero-order chi connectivity index (χ0) is 12.1. The van der Waals surface area contributed by atoms with Crippen molar-refractivity contribution in [3.63, 3.8) is 0 Å². The molecule has 1 rings (SSSR count). The Balaban J connectivity index is 3.12. The molecule has 0 spiro atoms. The molecule has 0 aliphatic heterocycles. The number of ether oxygens (including phenoxy) is 3. The predicted octanol–water partition coefficient (Wildman–Crippen LogP) is 1.29. The highest BCUT2D eigenvalue weighted by molar-refractivity contribution is 6.15. The van der Waals surface area contributed by atoms with E-state index < -0.39 is 5.97 Å². The number of nitrogens with zero attached hydrogens (tertiary/aromatic N) is 1. The van der Waals surface area contributed by atoms with Gasteiger partial charge >= 0.3 is 5.97 Å². The van der Waals surface area contributed by atoms with Crippen LogP contribution in [0, 0.1) is 0 Å². The van der Waals surface area contributed by atoms with Gasteiger partial charge in [-0.3, -0.25) is 0 Å². The molecule has 0 fully saturated rings. The lowest BCUT2D eigenvalue weighted by Gasteiger charge is -2.08. The van der Waals surface area contributed by atoms with Gasteiger partial charge in [0.25, 0.3) is 0 Å². The fourth-order valence-electron chi connectivity index (χ4n) is 1.11. The van der Waals surface area contributed by atoms with E-state index in [1.165, 1.54) is 21.3 Å². The van der Waals surface area contributed by atoms with Crippen LogP contribution >= 0.6 is 0 Å². The number of carbonyl (C=O) groups excluding carboxylic acids is 1. The van der Waals surface area contributed by atoms with E-state index in [9.17, 15) is 4.79 Å². The molecule has 0 aromatic carbocycles. The van der Waals surface area contributed by atoms with E-state index in [0.717, 1.165) is 0 Å². The van der Waals surface area contributed by atoms with Crippen LogP contribution in [-0.2, 0) is 9.53 Å². The van der Waals surface area contributed by atoms with Crippen molar-refractivity contribution in [1.82, 2.24) is 4.98 Å². The third-order valence-electron chi connectivity index (χ3n) is 1.98. The molecule has 0 saturated heterocycles. The van der Waals surface area contributed by atoms with E-state index in [-0.39, 0.29) is 5.57 Å². The monoisotopic (exact) mass is 223 g/mol. The first kappa shape index (κ1) is 12.0. The van der Waals surface area contributed by atoms with Gasteiger partial charge < -0.3 is 14.2 Å². The molecule has 0 atom stereocenters. The molecule has 1 aromatic heterocycles. The van der Waals surface area contributed by atoms with Crippen molar-refractivity contribution in [1.29, 1.82) is 0 Å². The number of carbonyl (C=O) groups is 1.